The monoisotopic (exact) mass is 267 g/mol. The summed E-state index contributed by atoms with van der Waals surface area (Å²) in [5.41, 5.74) is 9.22. The zero-order valence-corrected chi connectivity index (χ0v) is 11.3. The van der Waals surface area contributed by atoms with E-state index in [9.17, 15) is 0 Å². The van der Waals surface area contributed by atoms with Gasteiger partial charge in [0, 0.05) is 30.2 Å². The number of ether oxygens (including phenoxy) is 1. The zero-order chi connectivity index (χ0) is 13.9. The Labute approximate surface area is 117 Å². The standard InChI is InChI=1S/C16H17N3O/c1-20-12-5-2-4-11(8-12)14(9-17)15-10-19-16-13(15)6-3-7-18-16/h2-8,10,14H,9,17H2,1H3,(H,18,19). The van der Waals surface area contributed by atoms with E-state index >= 15 is 0 Å². The molecule has 3 aromatic rings. The summed E-state index contributed by atoms with van der Waals surface area (Å²) in [6, 6.07) is 12.1. The number of methoxy groups -OCH3 is 1. The number of aromatic nitrogens is 2. The molecule has 1 atom stereocenters. The highest BCUT2D eigenvalue weighted by Gasteiger charge is 2.17. The molecule has 0 amide bonds. The van der Waals surface area contributed by atoms with E-state index in [1.54, 1.807) is 13.3 Å². The van der Waals surface area contributed by atoms with Crippen molar-refractivity contribution in [3.63, 3.8) is 0 Å². The van der Waals surface area contributed by atoms with E-state index < -0.39 is 0 Å². The van der Waals surface area contributed by atoms with Crippen LogP contribution in [0, 0.1) is 0 Å². The summed E-state index contributed by atoms with van der Waals surface area (Å²) >= 11 is 0. The van der Waals surface area contributed by atoms with Crippen LogP contribution in [0.2, 0.25) is 0 Å². The average molecular weight is 267 g/mol. The normalized spacial score (nSPS) is 12.5. The van der Waals surface area contributed by atoms with Gasteiger partial charge in [-0.1, -0.05) is 12.1 Å². The van der Waals surface area contributed by atoms with Crippen molar-refractivity contribution in [2.45, 2.75) is 5.92 Å². The molecule has 2 aromatic heterocycles. The molecule has 4 heteroatoms. The van der Waals surface area contributed by atoms with Gasteiger partial charge in [-0.15, -0.1) is 0 Å². The Morgan fingerprint density at radius 1 is 1.30 bits per heavy atom. The van der Waals surface area contributed by atoms with Crippen molar-refractivity contribution < 1.29 is 4.74 Å². The predicted molar refractivity (Wildman–Crippen MR) is 80.0 cm³/mol. The van der Waals surface area contributed by atoms with Crippen molar-refractivity contribution in [2.75, 3.05) is 13.7 Å². The molecular formula is C16H17N3O. The summed E-state index contributed by atoms with van der Waals surface area (Å²) in [4.78, 5) is 7.53. The third kappa shape index (κ3) is 2.14. The molecule has 0 aliphatic carbocycles. The van der Waals surface area contributed by atoms with Gasteiger partial charge in [0.15, 0.2) is 0 Å². The largest absolute Gasteiger partial charge is 0.497 e. The molecule has 1 aromatic carbocycles. The number of H-pyrrole nitrogens is 1. The van der Waals surface area contributed by atoms with Crippen LogP contribution in [0.15, 0.2) is 48.8 Å². The molecule has 0 saturated carbocycles. The number of nitrogens with two attached hydrogens (primary N) is 1. The van der Waals surface area contributed by atoms with Crippen LogP contribution in [0.1, 0.15) is 17.0 Å². The molecule has 0 bridgehead atoms. The van der Waals surface area contributed by atoms with Gasteiger partial charge < -0.3 is 15.5 Å². The van der Waals surface area contributed by atoms with Gasteiger partial charge in [0.05, 0.1) is 7.11 Å². The summed E-state index contributed by atoms with van der Waals surface area (Å²) < 4.78 is 5.29. The first kappa shape index (κ1) is 12.7. The Morgan fingerprint density at radius 3 is 3.00 bits per heavy atom. The lowest BCUT2D eigenvalue weighted by atomic mass is 9.91. The summed E-state index contributed by atoms with van der Waals surface area (Å²) in [5.74, 6) is 0.974. The summed E-state index contributed by atoms with van der Waals surface area (Å²) in [6.45, 7) is 0.537. The lowest BCUT2D eigenvalue weighted by Crippen LogP contribution is -2.13. The fraction of sp³-hybridized carbons (Fsp3) is 0.188. The van der Waals surface area contributed by atoms with Crippen LogP contribution in [0.5, 0.6) is 5.75 Å². The van der Waals surface area contributed by atoms with Crippen molar-refractivity contribution in [2.24, 2.45) is 5.73 Å². The highest BCUT2D eigenvalue weighted by atomic mass is 16.5. The number of pyridine rings is 1. The van der Waals surface area contributed by atoms with Crippen LogP contribution in [-0.4, -0.2) is 23.6 Å². The maximum Gasteiger partial charge on any atom is 0.137 e. The van der Waals surface area contributed by atoms with Crippen molar-refractivity contribution in [1.82, 2.24) is 9.97 Å². The van der Waals surface area contributed by atoms with E-state index in [2.05, 4.69) is 22.1 Å². The molecular weight excluding hydrogens is 250 g/mol. The second kappa shape index (κ2) is 5.35. The number of aromatic amines is 1. The quantitative estimate of drug-likeness (QED) is 0.764. The highest BCUT2D eigenvalue weighted by Crippen LogP contribution is 2.30. The van der Waals surface area contributed by atoms with Gasteiger partial charge in [0.1, 0.15) is 11.4 Å². The number of rotatable bonds is 4. The Bertz CT molecular complexity index is 720. The highest BCUT2D eigenvalue weighted by molar-refractivity contribution is 5.80. The van der Waals surface area contributed by atoms with Crippen LogP contribution in [-0.2, 0) is 0 Å². The number of nitrogens with one attached hydrogen (secondary N) is 1. The van der Waals surface area contributed by atoms with Crippen LogP contribution in [0.25, 0.3) is 11.0 Å². The second-order valence-electron chi connectivity index (χ2n) is 4.71. The van der Waals surface area contributed by atoms with Gasteiger partial charge in [-0.2, -0.15) is 0 Å². The molecule has 0 radical (unpaired) electrons. The molecule has 0 saturated heterocycles. The second-order valence-corrected chi connectivity index (χ2v) is 4.71. The van der Waals surface area contributed by atoms with Crippen LogP contribution < -0.4 is 10.5 Å². The van der Waals surface area contributed by atoms with Gasteiger partial charge in [0.25, 0.3) is 0 Å². The minimum atomic E-state index is 0.128. The molecule has 4 nitrogen and oxygen atoms in total. The summed E-state index contributed by atoms with van der Waals surface area (Å²) in [5, 5.41) is 1.12. The maximum atomic E-state index is 6.00. The van der Waals surface area contributed by atoms with E-state index in [-0.39, 0.29) is 5.92 Å². The third-order valence-electron chi connectivity index (χ3n) is 3.59. The number of hydrogen-bond donors (Lipinski definition) is 2. The molecule has 3 N–H and O–H groups in total. The molecule has 3 rings (SSSR count). The Balaban J connectivity index is 2.09. The van der Waals surface area contributed by atoms with Crippen LogP contribution in [0.4, 0.5) is 0 Å². The molecule has 1 unspecified atom stereocenters. The number of hydrogen-bond acceptors (Lipinski definition) is 3. The van der Waals surface area contributed by atoms with E-state index in [4.69, 9.17) is 10.5 Å². The average Bonchev–Trinajstić information content (AvgIpc) is 2.93. The fourth-order valence-electron chi connectivity index (χ4n) is 2.57. The zero-order valence-electron chi connectivity index (χ0n) is 11.3. The van der Waals surface area contributed by atoms with Crippen molar-refractivity contribution in [1.29, 1.82) is 0 Å². The molecule has 0 spiro atoms. The molecule has 102 valence electrons. The van der Waals surface area contributed by atoms with Crippen molar-refractivity contribution >= 4 is 11.0 Å². The van der Waals surface area contributed by atoms with Crippen molar-refractivity contribution in [3.8, 4) is 5.75 Å². The van der Waals surface area contributed by atoms with E-state index in [1.807, 2.05) is 30.5 Å². The Kier molecular flexibility index (Phi) is 3.39. The van der Waals surface area contributed by atoms with Crippen molar-refractivity contribution in [3.05, 3.63) is 59.9 Å². The maximum absolute atomic E-state index is 6.00. The van der Waals surface area contributed by atoms with Gasteiger partial charge in [-0.25, -0.2) is 4.98 Å². The summed E-state index contributed by atoms with van der Waals surface area (Å²) in [6.07, 6.45) is 3.78. The number of benzene rings is 1. The molecule has 0 aliphatic heterocycles. The van der Waals surface area contributed by atoms with Gasteiger partial charge in [0.2, 0.25) is 0 Å². The Morgan fingerprint density at radius 2 is 2.20 bits per heavy atom. The smallest absolute Gasteiger partial charge is 0.137 e. The summed E-state index contributed by atoms with van der Waals surface area (Å²) in [7, 11) is 1.67. The number of nitrogens with zero attached hydrogens (tertiary/aromatic N) is 1. The molecule has 2 heterocycles. The topological polar surface area (TPSA) is 63.9 Å². The first-order valence-electron chi connectivity index (χ1n) is 6.59. The predicted octanol–water partition coefficient (Wildman–Crippen LogP) is 2.66. The van der Waals surface area contributed by atoms with Gasteiger partial charge >= 0.3 is 0 Å². The first-order chi connectivity index (χ1) is 9.83. The first-order valence-corrected chi connectivity index (χ1v) is 6.59. The number of fused-ring (bicyclic) bond motifs is 1. The SMILES string of the molecule is COc1cccc(C(CN)c2c[nH]c3ncccc23)c1. The van der Waals surface area contributed by atoms with Gasteiger partial charge in [-0.3, -0.25) is 0 Å². The molecule has 0 aliphatic rings. The molecule has 0 fully saturated rings. The lowest BCUT2D eigenvalue weighted by molar-refractivity contribution is 0.414. The van der Waals surface area contributed by atoms with Crippen LogP contribution in [0.3, 0.4) is 0 Å². The minimum absolute atomic E-state index is 0.128. The third-order valence-corrected chi connectivity index (χ3v) is 3.59. The molecule has 20 heavy (non-hydrogen) atoms. The minimum Gasteiger partial charge on any atom is -0.497 e. The van der Waals surface area contributed by atoms with E-state index in [1.165, 1.54) is 5.56 Å². The van der Waals surface area contributed by atoms with E-state index in [0.29, 0.717) is 6.54 Å². The lowest BCUT2D eigenvalue weighted by Gasteiger charge is -2.15. The Hall–Kier alpha value is -2.33. The fourth-order valence-corrected chi connectivity index (χ4v) is 2.57. The van der Waals surface area contributed by atoms with Crippen LogP contribution >= 0.6 is 0 Å². The van der Waals surface area contributed by atoms with Gasteiger partial charge in [-0.05, 0) is 35.4 Å². The van der Waals surface area contributed by atoms with E-state index in [0.717, 1.165) is 22.3 Å².